The quantitative estimate of drug-likeness (QED) is 0.829. The minimum atomic E-state index is -5.70. The molecule has 1 nitrogen and oxygen atoms in total. The molecule has 0 spiro atoms. The van der Waals surface area contributed by atoms with E-state index in [1.165, 1.54) is 0 Å². The molecule has 9 heteroatoms. The van der Waals surface area contributed by atoms with E-state index < -0.39 is 42.2 Å². The van der Waals surface area contributed by atoms with Crippen molar-refractivity contribution >= 4 is 11.6 Å². The summed E-state index contributed by atoms with van der Waals surface area (Å²) in [4.78, 5) is 0. The van der Waals surface area contributed by atoms with Gasteiger partial charge in [-0.2, -0.15) is 26.3 Å². The first-order chi connectivity index (χ1) is 8.94. The van der Waals surface area contributed by atoms with Crippen molar-refractivity contribution in [3.63, 3.8) is 0 Å². The van der Waals surface area contributed by atoms with Crippen molar-refractivity contribution in [2.24, 2.45) is 5.92 Å². The van der Waals surface area contributed by atoms with E-state index in [-0.39, 0.29) is 5.02 Å². The molecule has 0 aliphatic carbocycles. The Morgan fingerprint density at radius 1 is 1.05 bits per heavy atom. The van der Waals surface area contributed by atoms with Crippen LogP contribution in [0, 0.1) is 11.7 Å². The van der Waals surface area contributed by atoms with E-state index in [1.54, 1.807) is 0 Å². The highest BCUT2D eigenvalue weighted by molar-refractivity contribution is 6.31. The lowest BCUT2D eigenvalue weighted by molar-refractivity contribution is -0.305. The lowest BCUT2D eigenvalue weighted by Gasteiger charge is -2.27. The molecule has 0 saturated carbocycles. The number of hydrogen-bond acceptors (Lipinski definition) is 1. The van der Waals surface area contributed by atoms with Crippen LogP contribution in [-0.4, -0.2) is 23.6 Å². The van der Waals surface area contributed by atoms with Crippen LogP contribution in [0.25, 0.3) is 0 Å². The molecule has 1 atom stereocenters. The van der Waals surface area contributed by atoms with Gasteiger partial charge in [-0.25, -0.2) is 4.39 Å². The van der Waals surface area contributed by atoms with E-state index in [0.717, 1.165) is 18.2 Å². The fourth-order valence-electron chi connectivity index (χ4n) is 1.68. The van der Waals surface area contributed by atoms with E-state index in [0.29, 0.717) is 0 Å². The summed E-state index contributed by atoms with van der Waals surface area (Å²) in [6, 6.07) is 3.06. The third kappa shape index (κ3) is 3.99. The maximum atomic E-state index is 13.3. The Labute approximate surface area is 114 Å². The maximum Gasteiger partial charge on any atom is 0.403 e. The first-order valence-electron chi connectivity index (χ1n) is 5.19. The van der Waals surface area contributed by atoms with Gasteiger partial charge in [0.2, 0.25) is 0 Å². The number of rotatable bonds is 3. The van der Waals surface area contributed by atoms with Crippen LogP contribution < -0.4 is 0 Å². The van der Waals surface area contributed by atoms with Gasteiger partial charge in [-0.3, -0.25) is 0 Å². The van der Waals surface area contributed by atoms with Crippen molar-refractivity contribution in [2.75, 3.05) is 0 Å². The first-order valence-corrected chi connectivity index (χ1v) is 5.56. The molecule has 0 aliphatic rings. The third-order valence-electron chi connectivity index (χ3n) is 2.57. The monoisotopic (exact) mass is 324 g/mol. The van der Waals surface area contributed by atoms with Crippen molar-refractivity contribution < 1.29 is 35.8 Å². The zero-order chi connectivity index (χ0) is 15.7. The average molecular weight is 325 g/mol. The topological polar surface area (TPSA) is 20.2 Å². The van der Waals surface area contributed by atoms with Gasteiger partial charge in [0.15, 0.2) is 5.92 Å². The van der Waals surface area contributed by atoms with E-state index in [4.69, 9.17) is 11.6 Å². The zero-order valence-corrected chi connectivity index (χ0v) is 10.3. The summed E-state index contributed by atoms with van der Waals surface area (Å²) < 4.78 is 87.5. The minimum Gasteiger partial charge on any atom is -0.392 e. The summed E-state index contributed by atoms with van der Waals surface area (Å²) in [5, 5.41) is 8.86. The second kappa shape index (κ2) is 5.77. The van der Waals surface area contributed by atoms with Crippen molar-refractivity contribution in [2.45, 2.75) is 24.9 Å². The molecule has 0 aliphatic heterocycles. The molecule has 0 aromatic heterocycles. The Bertz CT molecular complexity index is 435. The van der Waals surface area contributed by atoms with Crippen LogP contribution in [0.15, 0.2) is 18.2 Å². The summed E-state index contributed by atoms with van der Waals surface area (Å²) in [6.07, 6.45) is -15.5. The highest BCUT2D eigenvalue weighted by Crippen LogP contribution is 2.42. The normalized spacial score (nSPS) is 14.7. The molecule has 0 radical (unpaired) electrons. The number of aliphatic hydroxyl groups is 1. The van der Waals surface area contributed by atoms with Gasteiger partial charge < -0.3 is 5.11 Å². The molecular formula is C11H8ClF7O. The van der Waals surface area contributed by atoms with Gasteiger partial charge in [0.05, 0.1) is 6.10 Å². The number of hydrogen-bond donors (Lipinski definition) is 1. The molecule has 1 unspecified atom stereocenters. The van der Waals surface area contributed by atoms with Gasteiger partial charge in [0, 0.05) is 17.0 Å². The van der Waals surface area contributed by atoms with Crippen LogP contribution in [0.4, 0.5) is 30.7 Å². The van der Waals surface area contributed by atoms with E-state index >= 15 is 0 Å². The van der Waals surface area contributed by atoms with Gasteiger partial charge in [-0.1, -0.05) is 17.7 Å². The van der Waals surface area contributed by atoms with E-state index in [9.17, 15) is 35.8 Å². The van der Waals surface area contributed by atoms with Crippen LogP contribution in [0.2, 0.25) is 5.02 Å². The largest absolute Gasteiger partial charge is 0.403 e. The molecule has 0 fully saturated rings. The van der Waals surface area contributed by atoms with Crippen LogP contribution in [0.1, 0.15) is 5.56 Å². The predicted octanol–water partition coefficient (Wildman–Crippen LogP) is 4.12. The Morgan fingerprint density at radius 3 is 1.95 bits per heavy atom. The van der Waals surface area contributed by atoms with Crippen LogP contribution in [-0.2, 0) is 6.42 Å². The summed E-state index contributed by atoms with van der Waals surface area (Å²) >= 11 is 5.49. The van der Waals surface area contributed by atoms with Gasteiger partial charge in [-0.15, -0.1) is 0 Å². The number of benzene rings is 1. The second-order valence-corrected chi connectivity index (χ2v) is 4.44. The molecule has 1 rings (SSSR count). The number of aliphatic hydroxyl groups excluding tert-OH is 1. The van der Waals surface area contributed by atoms with Crippen molar-refractivity contribution in [3.05, 3.63) is 34.6 Å². The fraction of sp³-hybridized carbons (Fsp3) is 0.455. The van der Waals surface area contributed by atoms with Crippen LogP contribution in [0.5, 0.6) is 0 Å². The first kappa shape index (κ1) is 17.0. The van der Waals surface area contributed by atoms with Crippen molar-refractivity contribution in [3.8, 4) is 0 Å². The van der Waals surface area contributed by atoms with E-state index in [1.807, 2.05) is 0 Å². The molecule has 0 saturated heterocycles. The molecule has 1 N–H and O–H groups in total. The summed E-state index contributed by atoms with van der Waals surface area (Å²) in [5.74, 6) is -5.05. The molecule has 114 valence electrons. The summed E-state index contributed by atoms with van der Waals surface area (Å²) in [6.45, 7) is 0. The minimum absolute atomic E-state index is 0.354. The molecule has 0 bridgehead atoms. The third-order valence-corrected chi connectivity index (χ3v) is 2.92. The smallest absolute Gasteiger partial charge is 0.392 e. The molecule has 1 aromatic carbocycles. The van der Waals surface area contributed by atoms with Gasteiger partial charge >= 0.3 is 12.4 Å². The van der Waals surface area contributed by atoms with Gasteiger partial charge in [-0.05, 0) is 12.1 Å². The maximum absolute atomic E-state index is 13.3. The van der Waals surface area contributed by atoms with Gasteiger partial charge in [0.1, 0.15) is 5.82 Å². The van der Waals surface area contributed by atoms with Gasteiger partial charge in [0.25, 0.3) is 0 Å². The molecular weight excluding hydrogens is 317 g/mol. The number of alkyl halides is 6. The molecule has 0 heterocycles. The zero-order valence-electron chi connectivity index (χ0n) is 9.56. The second-order valence-electron chi connectivity index (χ2n) is 4.03. The van der Waals surface area contributed by atoms with E-state index in [2.05, 4.69) is 0 Å². The van der Waals surface area contributed by atoms with Crippen LogP contribution >= 0.6 is 11.6 Å². The summed E-state index contributed by atoms with van der Waals surface area (Å²) in [5.41, 5.74) is -0.597. The van der Waals surface area contributed by atoms with Crippen molar-refractivity contribution in [1.82, 2.24) is 0 Å². The molecule has 1 aromatic rings. The Morgan fingerprint density at radius 2 is 1.55 bits per heavy atom. The highest BCUT2D eigenvalue weighted by atomic mass is 35.5. The molecule has 20 heavy (non-hydrogen) atoms. The molecule has 0 amide bonds. The lowest BCUT2D eigenvalue weighted by atomic mass is 9.94. The van der Waals surface area contributed by atoms with Crippen LogP contribution in [0.3, 0.4) is 0 Å². The highest BCUT2D eigenvalue weighted by Gasteiger charge is 2.60. The Hall–Kier alpha value is -1.02. The Balaban J connectivity index is 3.07. The average Bonchev–Trinajstić information content (AvgIpc) is 2.19. The predicted molar refractivity (Wildman–Crippen MR) is 56.7 cm³/mol. The van der Waals surface area contributed by atoms with Crippen molar-refractivity contribution in [1.29, 1.82) is 0 Å². The fourth-order valence-corrected chi connectivity index (χ4v) is 1.92. The number of halogens is 8. The SMILES string of the molecule is OC(Cc1c(F)cccc1Cl)C(C(F)(F)F)C(F)(F)F. The Kier molecular flexibility index (Phi) is 4.91. The lowest BCUT2D eigenvalue weighted by Crippen LogP contribution is -2.45. The standard InChI is InChI=1S/C11H8ClF7O/c12-6-2-1-3-7(13)5(6)4-8(20)9(10(14,15)16)11(17,18)19/h1-3,8-9,20H,4H2. The summed E-state index contributed by atoms with van der Waals surface area (Å²) in [7, 11) is 0.